The van der Waals surface area contributed by atoms with E-state index in [0.717, 1.165) is 34.0 Å². The van der Waals surface area contributed by atoms with Crippen molar-refractivity contribution in [3.63, 3.8) is 0 Å². The molecule has 1 aliphatic heterocycles. The van der Waals surface area contributed by atoms with Crippen molar-refractivity contribution < 1.29 is 13.2 Å². The minimum absolute atomic E-state index is 0.162. The molecule has 1 aliphatic rings. The molecule has 0 bridgehead atoms. The number of aryl methyl sites for hydroxylation is 1. The van der Waals surface area contributed by atoms with E-state index in [4.69, 9.17) is 5.73 Å². The van der Waals surface area contributed by atoms with Crippen molar-refractivity contribution in [2.24, 2.45) is 5.73 Å². The number of hydrogen-bond donors (Lipinski definition) is 2. The molecule has 4 rings (SSSR count). The highest BCUT2D eigenvalue weighted by molar-refractivity contribution is 7.91. The number of aromatic nitrogens is 1. The van der Waals surface area contributed by atoms with Crippen molar-refractivity contribution >= 4 is 26.6 Å². The van der Waals surface area contributed by atoms with Crippen LogP contribution in [0, 0.1) is 0 Å². The van der Waals surface area contributed by atoms with Gasteiger partial charge < -0.3 is 10.7 Å². The zero-order chi connectivity index (χ0) is 21.3. The average Bonchev–Trinajstić information content (AvgIpc) is 3.16. The van der Waals surface area contributed by atoms with E-state index < -0.39 is 15.7 Å². The first-order valence-electron chi connectivity index (χ1n) is 10.6. The summed E-state index contributed by atoms with van der Waals surface area (Å²) in [5.41, 5.74) is 11.3. The van der Waals surface area contributed by atoms with Crippen LogP contribution in [0.2, 0.25) is 0 Å². The highest BCUT2D eigenvalue weighted by Crippen LogP contribution is 2.37. The molecule has 0 radical (unpaired) electrons. The van der Waals surface area contributed by atoms with Crippen molar-refractivity contribution in [2.75, 3.05) is 11.5 Å². The van der Waals surface area contributed by atoms with Gasteiger partial charge in [-0.25, -0.2) is 8.42 Å². The van der Waals surface area contributed by atoms with Crippen LogP contribution in [0.25, 0.3) is 22.0 Å². The Labute approximate surface area is 177 Å². The molecule has 2 aromatic carbocycles. The summed E-state index contributed by atoms with van der Waals surface area (Å²) in [6, 6.07) is 12.4. The van der Waals surface area contributed by atoms with E-state index in [2.05, 4.69) is 42.2 Å². The van der Waals surface area contributed by atoms with Crippen LogP contribution < -0.4 is 5.73 Å². The first-order valence-corrected chi connectivity index (χ1v) is 12.4. The zero-order valence-electron chi connectivity index (χ0n) is 17.3. The van der Waals surface area contributed by atoms with E-state index >= 15 is 0 Å². The van der Waals surface area contributed by atoms with E-state index in [1.165, 1.54) is 18.4 Å². The van der Waals surface area contributed by atoms with Crippen LogP contribution in [-0.4, -0.2) is 30.8 Å². The first kappa shape index (κ1) is 20.7. The molecule has 3 aromatic rings. The summed E-state index contributed by atoms with van der Waals surface area (Å²) in [7, 11) is -2.93. The average molecular weight is 425 g/mol. The Morgan fingerprint density at radius 2 is 1.80 bits per heavy atom. The van der Waals surface area contributed by atoms with Crippen LogP contribution >= 0.6 is 0 Å². The minimum atomic E-state index is -2.93. The lowest BCUT2D eigenvalue weighted by Crippen LogP contribution is -2.22. The number of sulfone groups is 1. The number of amides is 1. The van der Waals surface area contributed by atoms with E-state index in [9.17, 15) is 13.2 Å². The number of hydrogen-bond acceptors (Lipinski definition) is 3. The molecule has 3 N–H and O–H groups in total. The highest BCUT2D eigenvalue weighted by Gasteiger charge is 2.27. The van der Waals surface area contributed by atoms with Crippen LogP contribution in [0.3, 0.4) is 0 Å². The van der Waals surface area contributed by atoms with E-state index in [-0.39, 0.29) is 17.4 Å². The predicted octanol–water partition coefficient (Wildman–Crippen LogP) is 4.57. The number of rotatable bonds is 6. The first-order chi connectivity index (χ1) is 14.4. The van der Waals surface area contributed by atoms with Crippen LogP contribution in [0.15, 0.2) is 42.6 Å². The summed E-state index contributed by atoms with van der Waals surface area (Å²) in [6.07, 6.45) is 6.53. The van der Waals surface area contributed by atoms with Gasteiger partial charge in [-0.15, -0.1) is 0 Å². The normalized spacial score (nSPS) is 16.7. The van der Waals surface area contributed by atoms with Crippen LogP contribution in [-0.2, 0) is 16.3 Å². The second-order valence-corrected chi connectivity index (χ2v) is 10.6. The fourth-order valence-corrected chi connectivity index (χ4v) is 5.89. The number of primary amides is 1. The van der Waals surface area contributed by atoms with Gasteiger partial charge in [-0.1, -0.05) is 37.6 Å². The van der Waals surface area contributed by atoms with E-state index in [1.54, 1.807) is 0 Å². The highest BCUT2D eigenvalue weighted by atomic mass is 32.2. The Morgan fingerprint density at radius 3 is 2.43 bits per heavy atom. The molecule has 0 atom stereocenters. The predicted molar refractivity (Wildman–Crippen MR) is 121 cm³/mol. The molecular formula is C24H28N2O3S. The number of nitrogens with two attached hydrogens (primary N) is 1. The monoisotopic (exact) mass is 424 g/mol. The molecule has 1 amide bonds. The number of unbranched alkanes of at least 4 members (excludes halogenated alkanes) is 1. The maximum atomic E-state index is 12.2. The maximum absolute atomic E-state index is 12.2. The summed E-state index contributed by atoms with van der Waals surface area (Å²) in [5, 5.41) is 0.959. The Kier molecular flexibility index (Phi) is 5.69. The molecule has 30 heavy (non-hydrogen) atoms. The Hall–Kier alpha value is -2.60. The molecule has 1 fully saturated rings. The third-order valence-electron chi connectivity index (χ3n) is 6.19. The molecule has 0 spiro atoms. The molecule has 5 nitrogen and oxygen atoms in total. The molecule has 0 aliphatic carbocycles. The number of H-pyrrole nitrogens is 1. The van der Waals surface area contributed by atoms with Gasteiger partial charge in [0.1, 0.15) is 9.84 Å². The zero-order valence-corrected chi connectivity index (χ0v) is 18.1. The summed E-state index contributed by atoms with van der Waals surface area (Å²) in [4.78, 5) is 15.4. The SMILES string of the molecule is CCCCc1ccc(-c2cc(C(N)=O)c3[nH]cc(C4CCS(=O)(=O)CC4)c3c2)cc1. The second kappa shape index (κ2) is 8.26. The number of nitrogens with one attached hydrogen (secondary N) is 1. The summed E-state index contributed by atoms with van der Waals surface area (Å²) in [5.74, 6) is 0.119. The van der Waals surface area contributed by atoms with Gasteiger partial charge in [0.15, 0.2) is 0 Å². The lowest BCUT2D eigenvalue weighted by atomic mass is 9.90. The minimum Gasteiger partial charge on any atom is -0.366 e. The van der Waals surface area contributed by atoms with Gasteiger partial charge in [-0.2, -0.15) is 0 Å². The molecule has 0 unspecified atom stereocenters. The second-order valence-electron chi connectivity index (χ2n) is 8.28. The molecule has 6 heteroatoms. The third kappa shape index (κ3) is 4.15. The third-order valence-corrected chi connectivity index (χ3v) is 7.90. The molecular weight excluding hydrogens is 396 g/mol. The summed E-state index contributed by atoms with van der Waals surface area (Å²) < 4.78 is 23.7. The molecule has 0 saturated carbocycles. The van der Waals surface area contributed by atoms with Crippen LogP contribution in [0.1, 0.15) is 60.0 Å². The summed E-state index contributed by atoms with van der Waals surface area (Å²) >= 11 is 0. The Morgan fingerprint density at radius 1 is 1.10 bits per heavy atom. The lowest BCUT2D eigenvalue weighted by Gasteiger charge is -2.21. The van der Waals surface area contributed by atoms with Gasteiger partial charge in [0.25, 0.3) is 5.91 Å². The van der Waals surface area contributed by atoms with Crippen molar-refractivity contribution in [1.82, 2.24) is 4.98 Å². The van der Waals surface area contributed by atoms with Crippen molar-refractivity contribution in [2.45, 2.75) is 44.9 Å². The fourth-order valence-electron chi connectivity index (χ4n) is 4.40. The molecule has 158 valence electrons. The number of carbonyl (C=O) groups is 1. The molecule has 1 aromatic heterocycles. The quantitative estimate of drug-likeness (QED) is 0.607. The van der Waals surface area contributed by atoms with E-state index in [0.29, 0.717) is 18.4 Å². The number of carbonyl (C=O) groups excluding carboxylic acids is 1. The van der Waals surface area contributed by atoms with Gasteiger partial charge >= 0.3 is 0 Å². The molecule has 1 saturated heterocycles. The van der Waals surface area contributed by atoms with Crippen LogP contribution in [0.5, 0.6) is 0 Å². The Balaban J connectivity index is 1.75. The van der Waals surface area contributed by atoms with Gasteiger partial charge in [0, 0.05) is 11.6 Å². The number of fused-ring (bicyclic) bond motifs is 1. The fraction of sp³-hybridized carbons (Fsp3) is 0.375. The smallest absolute Gasteiger partial charge is 0.250 e. The molecule has 2 heterocycles. The van der Waals surface area contributed by atoms with Crippen molar-refractivity contribution in [3.05, 3.63) is 59.3 Å². The largest absolute Gasteiger partial charge is 0.366 e. The van der Waals surface area contributed by atoms with Crippen molar-refractivity contribution in [3.8, 4) is 11.1 Å². The standard InChI is InChI=1S/C24H28N2O3S/c1-2-3-4-16-5-7-17(8-6-16)19-13-20-22(18-9-11-30(28,29)12-10-18)15-26-23(20)21(14-19)24(25)27/h5-8,13-15,18,26H,2-4,9-12H2,1H3,(H2,25,27). The van der Waals surface area contributed by atoms with E-state index in [1.807, 2.05) is 12.3 Å². The van der Waals surface area contributed by atoms with Gasteiger partial charge in [-0.05, 0) is 66.0 Å². The number of aromatic amines is 1. The van der Waals surface area contributed by atoms with Gasteiger partial charge in [0.05, 0.1) is 22.6 Å². The van der Waals surface area contributed by atoms with Crippen LogP contribution in [0.4, 0.5) is 0 Å². The van der Waals surface area contributed by atoms with Gasteiger partial charge in [-0.3, -0.25) is 4.79 Å². The topological polar surface area (TPSA) is 93.0 Å². The lowest BCUT2D eigenvalue weighted by molar-refractivity contribution is 0.100. The number of benzene rings is 2. The van der Waals surface area contributed by atoms with Crippen molar-refractivity contribution in [1.29, 1.82) is 0 Å². The Bertz CT molecular complexity index is 1160. The summed E-state index contributed by atoms with van der Waals surface area (Å²) in [6.45, 7) is 2.19. The van der Waals surface area contributed by atoms with Gasteiger partial charge in [0.2, 0.25) is 0 Å². The maximum Gasteiger partial charge on any atom is 0.250 e.